The highest BCUT2D eigenvalue weighted by atomic mass is 32.1. The van der Waals surface area contributed by atoms with Gasteiger partial charge in [0.1, 0.15) is 5.76 Å². The summed E-state index contributed by atoms with van der Waals surface area (Å²) in [5.74, 6) is 0.983. The monoisotopic (exact) mass is 399 g/mol. The van der Waals surface area contributed by atoms with Crippen molar-refractivity contribution in [2.45, 2.75) is 72.0 Å². The summed E-state index contributed by atoms with van der Waals surface area (Å²) in [4.78, 5) is 16.6. The summed E-state index contributed by atoms with van der Waals surface area (Å²) in [6.45, 7) is 8.77. The zero-order valence-corrected chi connectivity index (χ0v) is 17.8. The van der Waals surface area contributed by atoms with Crippen molar-refractivity contribution in [2.24, 2.45) is 0 Å². The number of fused-ring (bicyclic) bond motifs is 1. The molecule has 1 amide bonds. The van der Waals surface area contributed by atoms with Gasteiger partial charge in [-0.25, -0.2) is 0 Å². The molecule has 28 heavy (non-hydrogen) atoms. The van der Waals surface area contributed by atoms with Gasteiger partial charge in [-0.3, -0.25) is 9.69 Å². The van der Waals surface area contributed by atoms with Gasteiger partial charge in [-0.15, -0.1) is 11.3 Å². The van der Waals surface area contributed by atoms with Gasteiger partial charge < -0.3 is 9.84 Å². The first-order chi connectivity index (χ1) is 13.5. The lowest BCUT2D eigenvalue weighted by atomic mass is 9.94. The Hall–Kier alpha value is -1.92. The Morgan fingerprint density at radius 2 is 2.21 bits per heavy atom. The van der Waals surface area contributed by atoms with Crippen molar-refractivity contribution >= 4 is 17.2 Å². The SMILES string of the molecule is Cc1noc(C)c1CN1CCc2c(C(=O)NC(C)C3=CCCCC3)csc2C1. The van der Waals surface area contributed by atoms with Gasteiger partial charge in [0.05, 0.1) is 11.3 Å². The van der Waals surface area contributed by atoms with Gasteiger partial charge in [0.2, 0.25) is 0 Å². The predicted molar refractivity (Wildman–Crippen MR) is 112 cm³/mol. The Labute approximate surface area is 170 Å². The summed E-state index contributed by atoms with van der Waals surface area (Å²) in [5, 5.41) is 9.34. The molecule has 2 aromatic heterocycles. The van der Waals surface area contributed by atoms with Crippen LogP contribution in [0.25, 0.3) is 0 Å². The number of allylic oxidation sites excluding steroid dienone is 1. The van der Waals surface area contributed by atoms with E-state index < -0.39 is 0 Å². The molecule has 1 atom stereocenters. The largest absolute Gasteiger partial charge is 0.361 e. The first-order valence-corrected chi connectivity index (χ1v) is 11.1. The van der Waals surface area contributed by atoms with Gasteiger partial charge in [-0.1, -0.05) is 16.8 Å². The van der Waals surface area contributed by atoms with Gasteiger partial charge in [0.25, 0.3) is 5.91 Å². The van der Waals surface area contributed by atoms with Crippen LogP contribution in [-0.2, 0) is 19.5 Å². The second kappa shape index (κ2) is 8.21. The molecular weight excluding hydrogens is 370 g/mol. The van der Waals surface area contributed by atoms with Crippen LogP contribution in [0.4, 0.5) is 0 Å². The fourth-order valence-corrected chi connectivity index (χ4v) is 5.40. The van der Waals surface area contributed by atoms with E-state index in [0.29, 0.717) is 0 Å². The van der Waals surface area contributed by atoms with E-state index >= 15 is 0 Å². The summed E-state index contributed by atoms with van der Waals surface area (Å²) < 4.78 is 5.30. The van der Waals surface area contributed by atoms with E-state index in [1.165, 1.54) is 34.4 Å². The molecule has 0 spiro atoms. The highest BCUT2D eigenvalue weighted by Gasteiger charge is 2.26. The van der Waals surface area contributed by atoms with Crippen LogP contribution in [0.15, 0.2) is 21.6 Å². The summed E-state index contributed by atoms with van der Waals surface area (Å²) in [6.07, 6.45) is 7.99. The van der Waals surface area contributed by atoms with Crippen molar-refractivity contribution < 1.29 is 9.32 Å². The van der Waals surface area contributed by atoms with E-state index in [-0.39, 0.29) is 11.9 Å². The Morgan fingerprint density at radius 3 is 2.93 bits per heavy atom. The van der Waals surface area contributed by atoms with Gasteiger partial charge in [-0.05, 0) is 58.4 Å². The van der Waals surface area contributed by atoms with E-state index in [1.807, 2.05) is 19.2 Å². The smallest absolute Gasteiger partial charge is 0.252 e. The average molecular weight is 400 g/mol. The van der Waals surface area contributed by atoms with Crippen LogP contribution < -0.4 is 5.32 Å². The van der Waals surface area contributed by atoms with Crippen molar-refractivity contribution in [3.63, 3.8) is 0 Å². The molecule has 1 aliphatic carbocycles. The lowest BCUT2D eigenvalue weighted by Crippen LogP contribution is -2.35. The summed E-state index contributed by atoms with van der Waals surface area (Å²) in [5.41, 5.74) is 5.66. The molecule has 1 N–H and O–H groups in total. The Morgan fingerprint density at radius 1 is 1.36 bits per heavy atom. The molecule has 5 nitrogen and oxygen atoms in total. The number of hydrogen-bond donors (Lipinski definition) is 1. The van der Waals surface area contributed by atoms with Crippen LogP contribution in [0.3, 0.4) is 0 Å². The third kappa shape index (κ3) is 3.94. The zero-order valence-electron chi connectivity index (χ0n) is 17.0. The minimum atomic E-state index is 0.0793. The number of hydrogen-bond acceptors (Lipinski definition) is 5. The van der Waals surface area contributed by atoms with E-state index in [2.05, 4.69) is 28.4 Å². The quantitative estimate of drug-likeness (QED) is 0.751. The van der Waals surface area contributed by atoms with Crippen molar-refractivity contribution in [3.05, 3.63) is 50.1 Å². The zero-order chi connectivity index (χ0) is 19.7. The molecule has 0 aromatic carbocycles. The fraction of sp³-hybridized carbons (Fsp3) is 0.545. The molecular formula is C22H29N3O2S. The predicted octanol–water partition coefficient (Wildman–Crippen LogP) is 4.53. The highest BCUT2D eigenvalue weighted by molar-refractivity contribution is 7.10. The molecule has 4 rings (SSSR count). The van der Waals surface area contributed by atoms with Crippen LogP contribution in [-0.4, -0.2) is 28.6 Å². The Kier molecular flexibility index (Phi) is 5.69. The lowest BCUT2D eigenvalue weighted by molar-refractivity contribution is 0.0943. The number of carbonyl (C=O) groups is 1. The maximum Gasteiger partial charge on any atom is 0.252 e. The number of aromatic nitrogens is 1. The highest BCUT2D eigenvalue weighted by Crippen LogP contribution is 2.30. The molecule has 0 radical (unpaired) electrons. The second-order valence-corrected chi connectivity index (χ2v) is 9.00. The third-order valence-electron chi connectivity index (χ3n) is 6.06. The van der Waals surface area contributed by atoms with Crippen molar-refractivity contribution in [2.75, 3.05) is 6.54 Å². The average Bonchev–Trinajstić information content (AvgIpc) is 3.26. The van der Waals surface area contributed by atoms with Gasteiger partial charge in [-0.2, -0.15) is 0 Å². The molecule has 2 aliphatic rings. The number of carbonyl (C=O) groups excluding carboxylic acids is 1. The number of nitrogens with zero attached hydrogens (tertiary/aromatic N) is 2. The van der Waals surface area contributed by atoms with Crippen LogP contribution >= 0.6 is 11.3 Å². The number of rotatable bonds is 5. The van der Waals surface area contributed by atoms with Crippen molar-refractivity contribution in [1.82, 2.24) is 15.4 Å². The molecule has 1 aliphatic heterocycles. The van der Waals surface area contributed by atoms with E-state index in [0.717, 1.165) is 55.9 Å². The maximum atomic E-state index is 12.9. The van der Waals surface area contributed by atoms with Crippen molar-refractivity contribution in [3.8, 4) is 0 Å². The molecule has 150 valence electrons. The minimum absolute atomic E-state index is 0.0793. The van der Waals surface area contributed by atoms with Crippen LogP contribution in [0, 0.1) is 13.8 Å². The molecule has 0 bridgehead atoms. The molecule has 0 fully saturated rings. The number of nitrogens with one attached hydrogen (secondary N) is 1. The maximum absolute atomic E-state index is 12.9. The molecule has 0 saturated heterocycles. The van der Waals surface area contributed by atoms with Gasteiger partial charge in [0.15, 0.2) is 0 Å². The summed E-state index contributed by atoms with van der Waals surface area (Å²) in [6, 6.07) is 0.128. The third-order valence-corrected chi connectivity index (χ3v) is 7.08. The molecule has 1 unspecified atom stereocenters. The van der Waals surface area contributed by atoms with Crippen molar-refractivity contribution in [1.29, 1.82) is 0 Å². The molecule has 3 heterocycles. The summed E-state index contributed by atoms with van der Waals surface area (Å²) >= 11 is 1.71. The number of thiophene rings is 1. The normalized spacial score (nSPS) is 18.5. The van der Waals surface area contributed by atoms with E-state index in [4.69, 9.17) is 4.52 Å². The minimum Gasteiger partial charge on any atom is -0.361 e. The number of aryl methyl sites for hydroxylation is 2. The number of amides is 1. The van der Waals surface area contributed by atoms with Gasteiger partial charge >= 0.3 is 0 Å². The molecule has 0 saturated carbocycles. The molecule has 2 aromatic rings. The van der Waals surface area contributed by atoms with Crippen LogP contribution in [0.2, 0.25) is 0 Å². The topological polar surface area (TPSA) is 58.4 Å². The van der Waals surface area contributed by atoms with Crippen LogP contribution in [0.1, 0.15) is 70.4 Å². The molecule has 6 heteroatoms. The fourth-order valence-electron chi connectivity index (χ4n) is 4.28. The first kappa shape index (κ1) is 19.4. The van der Waals surface area contributed by atoms with E-state index in [9.17, 15) is 4.79 Å². The summed E-state index contributed by atoms with van der Waals surface area (Å²) in [7, 11) is 0. The van der Waals surface area contributed by atoms with Gasteiger partial charge in [0, 0.05) is 41.5 Å². The van der Waals surface area contributed by atoms with E-state index in [1.54, 1.807) is 11.3 Å². The first-order valence-electron chi connectivity index (χ1n) is 10.3. The standard InChI is InChI=1S/C22H29N3O2S/c1-14(17-7-5-4-6-8-17)23-22(26)20-13-28-21-12-25(10-9-18(20)21)11-19-15(2)24-27-16(19)3/h7,13-14H,4-6,8-12H2,1-3H3,(H,23,26). The Balaban J connectivity index is 1.42. The Bertz CT molecular complexity index is 876. The lowest BCUT2D eigenvalue weighted by Gasteiger charge is -2.27. The van der Waals surface area contributed by atoms with Crippen LogP contribution in [0.5, 0.6) is 0 Å². The second-order valence-electron chi connectivity index (χ2n) is 8.03.